The molecule has 2 heterocycles. The van der Waals surface area contributed by atoms with Gasteiger partial charge in [-0.05, 0) is 45.9 Å². The molecule has 0 saturated heterocycles. The second-order valence-electron chi connectivity index (χ2n) is 5.37. The van der Waals surface area contributed by atoms with Gasteiger partial charge in [0.05, 0.1) is 32.6 Å². The number of aryl methyl sites for hydroxylation is 3. The van der Waals surface area contributed by atoms with Gasteiger partial charge in [0.15, 0.2) is 0 Å². The summed E-state index contributed by atoms with van der Waals surface area (Å²) in [6.07, 6.45) is 0. The van der Waals surface area contributed by atoms with Gasteiger partial charge in [0, 0.05) is 5.56 Å². The van der Waals surface area contributed by atoms with Gasteiger partial charge in [-0.25, -0.2) is 4.98 Å². The lowest BCUT2D eigenvalue weighted by Crippen LogP contribution is -2.08. The Balaban J connectivity index is 1.93. The Bertz CT molecular complexity index is 803. The van der Waals surface area contributed by atoms with E-state index in [2.05, 4.69) is 23.3 Å². The van der Waals surface area contributed by atoms with E-state index >= 15 is 0 Å². The average Bonchev–Trinajstić information content (AvgIpc) is 2.91. The molecule has 0 saturated carbocycles. The van der Waals surface area contributed by atoms with Crippen molar-refractivity contribution in [3.8, 4) is 0 Å². The molecule has 3 aromatic rings. The normalized spacial score (nSPS) is 12.8. The first-order valence-corrected chi connectivity index (χ1v) is 7.76. The van der Waals surface area contributed by atoms with Crippen molar-refractivity contribution < 1.29 is 4.42 Å². The summed E-state index contributed by atoms with van der Waals surface area (Å²) in [6, 6.07) is 6.20. The second kappa shape index (κ2) is 5.07. The minimum Gasteiger partial charge on any atom is -0.466 e. The molecule has 21 heavy (non-hydrogen) atoms. The molecule has 1 aromatic carbocycles. The minimum atomic E-state index is 0.127. The minimum absolute atomic E-state index is 0.127. The highest BCUT2D eigenvalue weighted by Gasteiger charge is 2.14. The van der Waals surface area contributed by atoms with E-state index in [9.17, 15) is 0 Å². The molecule has 0 aliphatic rings. The summed E-state index contributed by atoms with van der Waals surface area (Å²) in [5, 5.41) is 4.51. The number of aromatic nitrogens is 1. The second-order valence-corrected chi connectivity index (χ2v) is 6.61. The fourth-order valence-corrected chi connectivity index (χ4v) is 3.48. The maximum absolute atomic E-state index is 6.16. The van der Waals surface area contributed by atoms with Crippen LogP contribution in [0.4, 0.5) is 11.4 Å². The fraction of sp³-hybridized carbons (Fsp3) is 0.312. The molecule has 0 aliphatic heterocycles. The molecule has 1 atom stereocenters. The number of nitrogens with zero attached hydrogens (tertiary/aromatic N) is 1. The number of fused-ring (bicyclic) bond motifs is 1. The summed E-state index contributed by atoms with van der Waals surface area (Å²) >= 11 is 1.66. The van der Waals surface area contributed by atoms with E-state index in [1.54, 1.807) is 11.3 Å². The van der Waals surface area contributed by atoms with E-state index in [1.807, 2.05) is 32.9 Å². The number of anilines is 2. The number of furan rings is 1. The van der Waals surface area contributed by atoms with E-state index in [0.717, 1.165) is 43.7 Å². The Morgan fingerprint density at radius 2 is 2.00 bits per heavy atom. The summed E-state index contributed by atoms with van der Waals surface area (Å²) in [7, 11) is 0. The summed E-state index contributed by atoms with van der Waals surface area (Å²) in [5.41, 5.74) is 9.96. The van der Waals surface area contributed by atoms with Crippen LogP contribution in [-0.4, -0.2) is 4.98 Å². The standard InChI is InChI=1S/C16H19N3OS/c1-8-5-12(10(3)20-8)9(2)18-14-7-15-16(6-13(14)17)21-11(4)19-15/h5-7,9,18H,17H2,1-4H3. The molecule has 0 bridgehead atoms. The molecular weight excluding hydrogens is 282 g/mol. The topological polar surface area (TPSA) is 64.1 Å². The van der Waals surface area contributed by atoms with Crippen LogP contribution in [-0.2, 0) is 0 Å². The fourth-order valence-electron chi connectivity index (χ4n) is 2.62. The van der Waals surface area contributed by atoms with E-state index < -0.39 is 0 Å². The molecule has 3 rings (SSSR count). The average molecular weight is 301 g/mol. The summed E-state index contributed by atoms with van der Waals surface area (Å²) in [4.78, 5) is 4.52. The number of benzene rings is 1. The van der Waals surface area contributed by atoms with Crippen molar-refractivity contribution in [2.75, 3.05) is 11.1 Å². The summed E-state index contributed by atoms with van der Waals surface area (Å²) in [6.45, 7) is 8.06. The molecule has 0 fully saturated rings. The van der Waals surface area contributed by atoms with Crippen molar-refractivity contribution in [3.05, 3.63) is 40.3 Å². The first kappa shape index (κ1) is 13.9. The maximum Gasteiger partial charge on any atom is 0.106 e. The number of rotatable bonds is 3. The predicted octanol–water partition coefficient (Wildman–Crippen LogP) is 4.57. The third-order valence-electron chi connectivity index (χ3n) is 3.58. The van der Waals surface area contributed by atoms with Crippen LogP contribution in [0.15, 0.2) is 22.6 Å². The van der Waals surface area contributed by atoms with Gasteiger partial charge in [-0.1, -0.05) is 0 Å². The van der Waals surface area contributed by atoms with Crippen LogP contribution in [0.5, 0.6) is 0 Å². The Morgan fingerprint density at radius 1 is 1.24 bits per heavy atom. The van der Waals surface area contributed by atoms with Crippen LogP contribution in [0.3, 0.4) is 0 Å². The Kier molecular flexibility index (Phi) is 3.37. The molecule has 2 aromatic heterocycles. The highest BCUT2D eigenvalue weighted by atomic mass is 32.1. The largest absolute Gasteiger partial charge is 0.466 e. The third-order valence-corrected chi connectivity index (χ3v) is 4.52. The number of hydrogen-bond acceptors (Lipinski definition) is 5. The predicted molar refractivity (Wildman–Crippen MR) is 89.0 cm³/mol. The zero-order chi connectivity index (χ0) is 15.1. The molecular formula is C16H19N3OS. The van der Waals surface area contributed by atoms with Crippen molar-refractivity contribution in [1.29, 1.82) is 0 Å². The van der Waals surface area contributed by atoms with Gasteiger partial charge < -0.3 is 15.5 Å². The Morgan fingerprint density at radius 3 is 2.67 bits per heavy atom. The summed E-state index contributed by atoms with van der Waals surface area (Å²) < 4.78 is 6.72. The summed E-state index contributed by atoms with van der Waals surface area (Å²) in [5.74, 6) is 1.87. The maximum atomic E-state index is 6.16. The number of nitrogens with one attached hydrogen (secondary N) is 1. The van der Waals surface area contributed by atoms with Gasteiger partial charge in [0.2, 0.25) is 0 Å². The lowest BCUT2D eigenvalue weighted by molar-refractivity contribution is 0.500. The zero-order valence-corrected chi connectivity index (χ0v) is 13.5. The molecule has 0 amide bonds. The van der Waals surface area contributed by atoms with Gasteiger partial charge in [-0.3, -0.25) is 0 Å². The van der Waals surface area contributed by atoms with E-state index in [1.165, 1.54) is 0 Å². The molecule has 0 aliphatic carbocycles. The molecule has 110 valence electrons. The van der Waals surface area contributed by atoms with E-state index in [-0.39, 0.29) is 6.04 Å². The first-order chi connectivity index (χ1) is 9.94. The number of nitrogens with two attached hydrogens (primary N) is 1. The van der Waals surface area contributed by atoms with Gasteiger partial charge in [-0.2, -0.15) is 0 Å². The van der Waals surface area contributed by atoms with Crippen LogP contribution in [0.25, 0.3) is 10.2 Å². The van der Waals surface area contributed by atoms with Crippen LogP contribution >= 0.6 is 11.3 Å². The van der Waals surface area contributed by atoms with Crippen LogP contribution < -0.4 is 11.1 Å². The molecule has 0 spiro atoms. The van der Waals surface area contributed by atoms with Crippen molar-refractivity contribution >= 4 is 32.9 Å². The molecule has 1 unspecified atom stereocenters. The van der Waals surface area contributed by atoms with E-state index in [0.29, 0.717) is 0 Å². The van der Waals surface area contributed by atoms with Crippen molar-refractivity contribution in [1.82, 2.24) is 4.98 Å². The highest BCUT2D eigenvalue weighted by molar-refractivity contribution is 7.18. The molecule has 5 heteroatoms. The third kappa shape index (κ3) is 2.61. The van der Waals surface area contributed by atoms with Crippen LogP contribution in [0.1, 0.15) is 35.1 Å². The number of hydrogen-bond donors (Lipinski definition) is 2. The van der Waals surface area contributed by atoms with Crippen LogP contribution in [0.2, 0.25) is 0 Å². The molecule has 0 radical (unpaired) electrons. The van der Waals surface area contributed by atoms with Crippen molar-refractivity contribution in [3.63, 3.8) is 0 Å². The first-order valence-electron chi connectivity index (χ1n) is 6.94. The lowest BCUT2D eigenvalue weighted by Gasteiger charge is -2.16. The van der Waals surface area contributed by atoms with Gasteiger partial charge in [-0.15, -0.1) is 11.3 Å². The smallest absolute Gasteiger partial charge is 0.106 e. The SMILES string of the molecule is Cc1cc(C(C)Nc2cc3nc(C)sc3cc2N)c(C)o1. The zero-order valence-electron chi connectivity index (χ0n) is 12.7. The number of nitrogen functional groups attached to an aromatic ring is 1. The van der Waals surface area contributed by atoms with Crippen molar-refractivity contribution in [2.45, 2.75) is 33.7 Å². The Hall–Kier alpha value is -2.01. The van der Waals surface area contributed by atoms with E-state index in [4.69, 9.17) is 10.2 Å². The van der Waals surface area contributed by atoms with Gasteiger partial charge >= 0.3 is 0 Å². The van der Waals surface area contributed by atoms with Crippen LogP contribution in [0, 0.1) is 20.8 Å². The highest BCUT2D eigenvalue weighted by Crippen LogP contribution is 2.32. The quantitative estimate of drug-likeness (QED) is 0.696. The van der Waals surface area contributed by atoms with Crippen molar-refractivity contribution in [2.24, 2.45) is 0 Å². The van der Waals surface area contributed by atoms with Gasteiger partial charge in [0.1, 0.15) is 11.5 Å². The number of thiazole rings is 1. The lowest BCUT2D eigenvalue weighted by atomic mass is 10.1. The monoisotopic (exact) mass is 301 g/mol. The Labute approximate surface area is 128 Å². The molecule has 4 nitrogen and oxygen atoms in total. The van der Waals surface area contributed by atoms with Gasteiger partial charge in [0.25, 0.3) is 0 Å². The molecule has 3 N–H and O–H groups in total.